The molecule has 0 aliphatic carbocycles. The molecule has 0 spiro atoms. The van der Waals surface area contributed by atoms with Gasteiger partial charge in [0.1, 0.15) is 11.6 Å². The van der Waals surface area contributed by atoms with Gasteiger partial charge in [-0.15, -0.1) is 10.2 Å². The number of anilines is 1. The Hall–Kier alpha value is -2.54. The Morgan fingerprint density at radius 2 is 2.11 bits per heavy atom. The third kappa shape index (κ3) is 3.71. The molecule has 0 bridgehead atoms. The summed E-state index contributed by atoms with van der Waals surface area (Å²) < 4.78 is 7.55. The second-order valence-electron chi connectivity index (χ2n) is 7.05. The lowest BCUT2D eigenvalue weighted by atomic mass is 10.1. The Bertz CT molecular complexity index is 951. The second-order valence-corrected chi connectivity index (χ2v) is 7.99. The summed E-state index contributed by atoms with van der Waals surface area (Å²) in [4.78, 5) is 14.9. The molecule has 1 atom stereocenters. The molecule has 7 heteroatoms. The lowest BCUT2D eigenvalue weighted by Gasteiger charge is -2.22. The zero-order valence-corrected chi connectivity index (χ0v) is 17.0. The quantitative estimate of drug-likeness (QED) is 0.566. The largest absolute Gasteiger partial charge is 0.467 e. The van der Waals surface area contributed by atoms with Crippen LogP contribution >= 0.6 is 11.8 Å². The van der Waals surface area contributed by atoms with Gasteiger partial charge in [-0.2, -0.15) is 0 Å². The molecule has 2 aromatic heterocycles. The summed E-state index contributed by atoms with van der Waals surface area (Å²) in [6.07, 6.45) is 4.41. The highest BCUT2D eigenvalue weighted by atomic mass is 32.2. The Labute approximate surface area is 168 Å². The van der Waals surface area contributed by atoms with Crippen LogP contribution in [0.15, 0.2) is 52.2 Å². The predicted octanol–water partition coefficient (Wildman–Crippen LogP) is 3.94. The molecule has 0 radical (unpaired) electrons. The molecule has 0 saturated heterocycles. The summed E-state index contributed by atoms with van der Waals surface area (Å²) in [5.74, 6) is 2.22. The molecule has 1 unspecified atom stereocenters. The second kappa shape index (κ2) is 8.22. The molecule has 0 N–H and O–H groups in total. The van der Waals surface area contributed by atoms with E-state index in [0.717, 1.165) is 41.7 Å². The van der Waals surface area contributed by atoms with E-state index >= 15 is 0 Å². The first-order valence-corrected chi connectivity index (χ1v) is 10.6. The van der Waals surface area contributed by atoms with Crippen molar-refractivity contribution in [2.45, 2.75) is 50.9 Å². The number of thioether (sulfide) groups is 1. The van der Waals surface area contributed by atoms with E-state index in [9.17, 15) is 4.79 Å². The molecule has 3 heterocycles. The first kappa shape index (κ1) is 18.8. The van der Waals surface area contributed by atoms with E-state index in [0.29, 0.717) is 12.3 Å². The summed E-state index contributed by atoms with van der Waals surface area (Å²) in [7, 11) is 0. The average molecular weight is 397 g/mol. The molecule has 1 aliphatic rings. The van der Waals surface area contributed by atoms with Crippen molar-refractivity contribution < 1.29 is 9.21 Å². The summed E-state index contributed by atoms with van der Waals surface area (Å²) in [5, 5.41) is 9.44. The summed E-state index contributed by atoms with van der Waals surface area (Å²) in [6.45, 7) is 4.80. The minimum atomic E-state index is 0.104. The highest BCUT2D eigenvalue weighted by molar-refractivity contribution is 7.99. The van der Waals surface area contributed by atoms with Gasteiger partial charge in [-0.3, -0.25) is 9.36 Å². The average Bonchev–Trinajstić information content (AvgIpc) is 3.40. The standard InChI is InChI=1S/C21H24N4O2S/c1-3-7-19-22-23-21(24(19)13-17-9-6-11-27-17)28-14-20(26)25-15(2)12-16-8-4-5-10-18(16)25/h4-6,8-11,15H,3,7,12-14H2,1-2H3. The Kier molecular flexibility index (Phi) is 5.52. The van der Waals surface area contributed by atoms with Crippen LogP contribution in [0.5, 0.6) is 0 Å². The van der Waals surface area contributed by atoms with Gasteiger partial charge in [0, 0.05) is 18.2 Å². The number of para-hydroxylation sites is 1. The molecule has 28 heavy (non-hydrogen) atoms. The van der Waals surface area contributed by atoms with Gasteiger partial charge in [0.2, 0.25) is 5.91 Å². The molecule has 1 amide bonds. The zero-order valence-electron chi connectivity index (χ0n) is 16.2. The number of aromatic nitrogens is 3. The van der Waals surface area contributed by atoms with Gasteiger partial charge in [0.05, 0.1) is 18.6 Å². The van der Waals surface area contributed by atoms with Crippen LogP contribution in [0.1, 0.15) is 37.4 Å². The van der Waals surface area contributed by atoms with Crippen LogP contribution in [-0.2, 0) is 24.2 Å². The Morgan fingerprint density at radius 1 is 1.25 bits per heavy atom. The lowest BCUT2D eigenvalue weighted by molar-refractivity contribution is -0.116. The normalized spacial score (nSPS) is 15.8. The van der Waals surface area contributed by atoms with E-state index in [1.807, 2.05) is 35.2 Å². The molecule has 0 saturated carbocycles. The van der Waals surface area contributed by atoms with Crippen LogP contribution in [0.4, 0.5) is 5.69 Å². The van der Waals surface area contributed by atoms with E-state index < -0.39 is 0 Å². The third-order valence-electron chi connectivity index (χ3n) is 4.96. The van der Waals surface area contributed by atoms with Crippen molar-refractivity contribution in [1.29, 1.82) is 0 Å². The maximum absolute atomic E-state index is 13.0. The SMILES string of the molecule is CCCc1nnc(SCC(=O)N2c3ccccc3CC2C)n1Cc1ccco1. The van der Waals surface area contributed by atoms with Crippen molar-refractivity contribution in [3.8, 4) is 0 Å². The molecule has 0 fully saturated rings. The highest BCUT2D eigenvalue weighted by Gasteiger charge is 2.30. The van der Waals surface area contributed by atoms with Gasteiger partial charge in [0.15, 0.2) is 5.16 Å². The predicted molar refractivity (Wildman–Crippen MR) is 110 cm³/mol. The van der Waals surface area contributed by atoms with Crippen LogP contribution < -0.4 is 4.90 Å². The number of aryl methyl sites for hydroxylation is 1. The molecule has 3 aromatic rings. The van der Waals surface area contributed by atoms with Gasteiger partial charge in [-0.25, -0.2) is 0 Å². The van der Waals surface area contributed by atoms with Crippen molar-refractivity contribution in [3.63, 3.8) is 0 Å². The number of carbonyl (C=O) groups excluding carboxylic acids is 1. The van der Waals surface area contributed by atoms with E-state index in [4.69, 9.17) is 4.42 Å². The number of furan rings is 1. The van der Waals surface area contributed by atoms with Gasteiger partial charge < -0.3 is 9.32 Å². The smallest absolute Gasteiger partial charge is 0.237 e. The summed E-state index contributed by atoms with van der Waals surface area (Å²) >= 11 is 1.44. The number of carbonyl (C=O) groups is 1. The number of rotatable bonds is 7. The number of hydrogen-bond acceptors (Lipinski definition) is 5. The van der Waals surface area contributed by atoms with Crippen molar-refractivity contribution in [2.24, 2.45) is 0 Å². The van der Waals surface area contributed by atoms with Gasteiger partial charge in [-0.1, -0.05) is 36.9 Å². The molecule has 1 aromatic carbocycles. The maximum Gasteiger partial charge on any atom is 0.237 e. The molecule has 6 nitrogen and oxygen atoms in total. The maximum atomic E-state index is 13.0. The molecule has 4 rings (SSSR count). The molecular weight excluding hydrogens is 372 g/mol. The lowest BCUT2D eigenvalue weighted by Crippen LogP contribution is -2.37. The van der Waals surface area contributed by atoms with Crippen LogP contribution in [0.2, 0.25) is 0 Å². The fourth-order valence-corrected chi connectivity index (χ4v) is 4.51. The van der Waals surface area contributed by atoms with E-state index in [1.54, 1.807) is 6.26 Å². The monoisotopic (exact) mass is 396 g/mol. The van der Waals surface area contributed by atoms with E-state index in [1.165, 1.54) is 17.3 Å². The third-order valence-corrected chi connectivity index (χ3v) is 5.91. The summed E-state index contributed by atoms with van der Waals surface area (Å²) in [5.41, 5.74) is 2.27. The van der Waals surface area contributed by atoms with E-state index in [2.05, 4.69) is 34.7 Å². The number of hydrogen-bond donors (Lipinski definition) is 0. The van der Waals surface area contributed by atoms with Crippen molar-refractivity contribution >= 4 is 23.4 Å². The Balaban J connectivity index is 1.49. The van der Waals surface area contributed by atoms with Gasteiger partial charge in [0.25, 0.3) is 0 Å². The van der Waals surface area contributed by atoms with Crippen molar-refractivity contribution in [1.82, 2.24) is 14.8 Å². The van der Waals surface area contributed by atoms with Crippen molar-refractivity contribution in [2.75, 3.05) is 10.7 Å². The van der Waals surface area contributed by atoms with Crippen molar-refractivity contribution in [3.05, 3.63) is 59.8 Å². The molecule has 1 aliphatic heterocycles. The first-order valence-electron chi connectivity index (χ1n) is 9.64. The van der Waals surface area contributed by atoms with Crippen LogP contribution in [-0.4, -0.2) is 32.5 Å². The topological polar surface area (TPSA) is 64.2 Å². The number of amides is 1. The minimum absolute atomic E-state index is 0.104. The van der Waals surface area contributed by atoms with Crippen LogP contribution in [0.3, 0.4) is 0 Å². The summed E-state index contributed by atoms with van der Waals surface area (Å²) in [6, 6.07) is 12.1. The highest BCUT2D eigenvalue weighted by Crippen LogP contribution is 2.32. The van der Waals surface area contributed by atoms with Gasteiger partial charge in [-0.05, 0) is 43.5 Å². The minimum Gasteiger partial charge on any atom is -0.467 e. The Morgan fingerprint density at radius 3 is 2.89 bits per heavy atom. The fourth-order valence-electron chi connectivity index (χ4n) is 3.69. The number of fused-ring (bicyclic) bond motifs is 1. The van der Waals surface area contributed by atoms with Crippen LogP contribution in [0, 0.1) is 0 Å². The van der Waals surface area contributed by atoms with Crippen LogP contribution in [0.25, 0.3) is 0 Å². The zero-order chi connectivity index (χ0) is 19.5. The fraction of sp³-hybridized carbons (Fsp3) is 0.381. The van der Waals surface area contributed by atoms with Gasteiger partial charge >= 0.3 is 0 Å². The molecular formula is C21H24N4O2S. The first-order chi connectivity index (χ1) is 13.7. The number of nitrogens with zero attached hydrogens (tertiary/aromatic N) is 4. The molecule has 146 valence electrons. The number of benzene rings is 1. The van der Waals surface area contributed by atoms with E-state index in [-0.39, 0.29) is 11.9 Å².